The van der Waals surface area contributed by atoms with E-state index < -0.39 is 0 Å². The molecule has 106 valence electrons. The number of nitrogens with zero attached hydrogens (tertiary/aromatic N) is 3. The predicted molar refractivity (Wildman–Crippen MR) is 80.0 cm³/mol. The van der Waals surface area contributed by atoms with Crippen LogP contribution in [0.3, 0.4) is 0 Å². The zero-order valence-electron chi connectivity index (χ0n) is 12.5. The molecular weight excluding hydrogens is 238 g/mol. The van der Waals surface area contributed by atoms with Gasteiger partial charge in [-0.05, 0) is 6.92 Å². The lowest BCUT2D eigenvalue weighted by atomic mass is 9.96. The average Bonchev–Trinajstić information content (AvgIpc) is 2.39. The van der Waals surface area contributed by atoms with Crippen molar-refractivity contribution in [1.82, 2.24) is 15.3 Å². The van der Waals surface area contributed by atoms with E-state index in [-0.39, 0.29) is 5.41 Å². The van der Waals surface area contributed by atoms with Crippen LogP contribution in [0.4, 0.5) is 11.6 Å². The standard InChI is InChI=1S/C14H25N5/c1-5-16-11-10-12(19-8-6-15-7-9-19)18-13(17-11)14(2,3)4/h10,15H,5-9H2,1-4H3,(H,16,17,18). The summed E-state index contributed by atoms with van der Waals surface area (Å²) in [7, 11) is 0. The van der Waals surface area contributed by atoms with Gasteiger partial charge < -0.3 is 15.5 Å². The zero-order valence-corrected chi connectivity index (χ0v) is 12.5. The van der Waals surface area contributed by atoms with Crippen LogP contribution in [0.25, 0.3) is 0 Å². The molecule has 0 amide bonds. The van der Waals surface area contributed by atoms with Crippen LogP contribution in [-0.2, 0) is 5.41 Å². The monoisotopic (exact) mass is 263 g/mol. The zero-order chi connectivity index (χ0) is 13.9. The Morgan fingerprint density at radius 2 is 1.95 bits per heavy atom. The molecule has 5 nitrogen and oxygen atoms in total. The predicted octanol–water partition coefficient (Wildman–Crippen LogP) is 1.62. The molecule has 0 aromatic carbocycles. The second-order valence-electron chi connectivity index (χ2n) is 5.95. The highest BCUT2D eigenvalue weighted by atomic mass is 15.2. The number of hydrogen-bond donors (Lipinski definition) is 2. The van der Waals surface area contributed by atoms with Gasteiger partial charge in [0.2, 0.25) is 0 Å². The number of hydrogen-bond acceptors (Lipinski definition) is 5. The van der Waals surface area contributed by atoms with Gasteiger partial charge in [0.25, 0.3) is 0 Å². The molecule has 0 saturated carbocycles. The summed E-state index contributed by atoms with van der Waals surface area (Å²) in [5.74, 6) is 2.87. The minimum absolute atomic E-state index is 0.0335. The van der Waals surface area contributed by atoms with Gasteiger partial charge in [0.05, 0.1) is 0 Å². The molecule has 1 aromatic heterocycles. The highest BCUT2D eigenvalue weighted by Gasteiger charge is 2.21. The van der Waals surface area contributed by atoms with Crippen LogP contribution in [0.15, 0.2) is 6.07 Å². The van der Waals surface area contributed by atoms with Crippen LogP contribution in [0.2, 0.25) is 0 Å². The van der Waals surface area contributed by atoms with Gasteiger partial charge in [-0.3, -0.25) is 0 Å². The van der Waals surface area contributed by atoms with Gasteiger partial charge in [0, 0.05) is 44.2 Å². The lowest BCUT2D eigenvalue weighted by Crippen LogP contribution is -2.44. The molecule has 2 heterocycles. The van der Waals surface area contributed by atoms with Crippen LogP contribution in [0, 0.1) is 0 Å². The first-order valence-electron chi connectivity index (χ1n) is 7.10. The van der Waals surface area contributed by atoms with E-state index in [1.54, 1.807) is 0 Å². The maximum Gasteiger partial charge on any atom is 0.138 e. The highest BCUT2D eigenvalue weighted by molar-refractivity contribution is 5.50. The Hall–Kier alpha value is -1.36. The SMILES string of the molecule is CCNc1cc(N2CCNCC2)nc(C(C)(C)C)n1. The summed E-state index contributed by atoms with van der Waals surface area (Å²) in [6, 6.07) is 2.06. The van der Waals surface area contributed by atoms with E-state index >= 15 is 0 Å². The Morgan fingerprint density at radius 1 is 1.26 bits per heavy atom. The second kappa shape index (κ2) is 5.74. The van der Waals surface area contributed by atoms with Crippen molar-refractivity contribution in [2.75, 3.05) is 42.9 Å². The Morgan fingerprint density at radius 3 is 2.53 bits per heavy atom. The van der Waals surface area contributed by atoms with Gasteiger partial charge in [0.1, 0.15) is 17.5 Å². The number of rotatable bonds is 3. The molecule has 0 spiro atoms. The normalized spacial score (nSPS) is 16.5. The molecule has 1 fully saturated rings. The first-order chi connectivity index (χ1) is 9.00. The van der Waals surface area contributed by atoms with Crippen molar-refractivity contribution in [2.45, 2.75) is 33.1 Å². The Balaban J connectivity index is 2.33. The Labute approximate surface area is 115 Å². The molecule has 0 atom stereocenters. The summed E-state index contributed by atoms with van der Waals surface area (Å²) in [6.45, 7) is 13.5. The first kappa shape index (κ1) is 14.1. The molecule has 1 aliphatic heterocycles. The van der Waals surface area contributed by atoms with E-state index in [9.17, 15) is 0 Å². The maximum atomic E-state index is 4.76. The molecule has 19 heavy (non-hydrogen) atoms. The number of nitrogens with one attached hydrogen (secondary N) is 2. The molecular formula is C14H25N5. The van der Waals surface area contributed by atoms with Gasteiger partial charge in [-0.2, -0.15) is 0 Å². The van der Waals surface area contributed by atoms with Crippen molar-refractivity contribution in [3.05, 3.63) is 11.9 Å². The van der Waals surface area contributed by atoms with E-state index in [0.29, 0.717) is 0 Å². The minimum atomic E-state index is -0.0335. The number of aromatic nitrogens is 2. The third-order valence-corrected chi connectivity index (χ3v) is 3.18. The molecule has 2 rings (SSSR count). The smallest absolute Gasteiger partial charge is 0.138 e. The van der Waals surface area contributed by atoms with E-state index in [1.165, 1.54) is 0 Å². The summed E-state index contributed by atoms with van der Waals surface area (Å²) in [6.07, 6.45) is 0. The maximum absolute atomic E-state index is 4.76. The summed E-state index contributed by atoms with van der Waals surface area (Å²) >= 11 is 0. The summed E-state index contributed by atoms with van der Waals surface area (Å²) < 4.78 is 0. The third kappa shape index (κ3) is 3.56. The molecule has 1 aromatic rings. The van der Waals surface area contributed by atoms with E-state index in [1.807, 2.05) is 0 Å². The van der Waals surface area contributed by atoms with Crippen LogP contribution in [0.1, 0.15) is 33.5 Å². The number of anilines is 2. The van der Waals surface area contributed by atoms with Crippen molar-refractivity contribution in [1.29, 1.82) is 0 Å². The molecule has 0 unspecified atom stereocenters. The molecule has 2 N–H and O–H groups in total. The first-order valence-corrected chi connectivity index (χ1v) is 7.10. The van der Waals surface area contributed by atoms with Crippen molar-refractivity contribution in [2.24, 2.45) is 0 Å². The second-order valence-corrected chi connectivity index (χ2v) is 5.95. The third-order valence-electron chi connectivity index (χ3n) is 3.18. The van der Waals surface area contributed by atoms with Gasteiger partial charge in [0.15, 0.2) is 0 Å². The number of piperazine rings is 1. The topological polar surface area (TPSA) is 53.1 Å². The highest BCUT2D eigenvalue weighted by Crippen LogP contribution is 2.24. The van der Waals surface area contributed by atoms with E-state index in [2.05, 4.69) is 54.3 Å². The molecule has 0 aliphatic carbocycles. The van der Waals surface area contributed by atoms with Crippen LogP contribution in [0.5, 0.6) is 0 Å². The summed E-state index contributed by atoms with van der Waals surface area (Å²) in [4.78, 5) is 11.7. The van der Waals surface area contributed by atoms with Crippen molar-refractivity contribution >= 4 is 11.6 Å². The fourth-order valence-electron chi connectivity index (χ4n) is 2.10. The van der Waals surface area contributed by atoms with E-state index in [4.69, 9.17) is 4.98 Å². The van der Waals surface area contributed by atoms with Crippen molar-refractivity contribution < 1.29 is 0 Å². The minimum Gasteiger partial charge on any atom is -0.370 e. The van der Waals surface area contributed by atoms with Crippen molar-refractivity contribution in [3.8, 4) is 0 Å². The molecule has 0 radical (unpaired) electrons. The lowest BCUT2D eigenvalue weighted by Gasteiger charge is -2.30. The fraction of sp³-hybridized carbons (Fsp3) is 0.714. The lowest BCUT2D eigenvalue weighted by molar-refractivity contribution is 0.539. The summed E-state index contributed by atoms with van der Waals surface area (Å²) in [5.41, 5.74) is -0.0335. The Kier molecular flexibility index (Phi) is 4.24. The van der Waals surface area contributed by atoms with Crippen molar-refractivity contribution in [3.63, 3.8) is 0 Å². The molecule has 1 saturated heterocycles. The average molecular weight is 263 g/mol. The largest absolute Gasteiger partial charge is 0.370 e. The fourth-order valence-corrected chi connectivity index (χ4v) is 2.10. The van der Waals surface area contributed by atoms with Gasteiger partial charge in [-0.15, -0.1) is 0 Å². The van der Waals surface area contributed by atoms with Gasteiger partial charge in [-0.1, -0.05) is 20.8 Å². The molecule has 0 bridgehead atoms. The molecule has 5 heteroatoms. The quantitative estimate of drug-likeness (QED) is 0.868. The van der Waals surface area contributed by atoms with Crippen LogP contribution in [-0.4, -0.2) is 42.7 Å². The molecule has 1 aliphatic rings. The van der Waals surface area contributed by atoms with Crippen LogP contribution >= 0.6 is 0 Å². The van der Waals surface area contributed by atoms with Crippen LogP contribution < -0.4 is 15.5 Å². The summed E-state index contributed by atoms with van der Waals surface area (Å²) in [5, 5.41) is 6.67. The Bertz CT molecular complexity index is 418. The van der Waals surface area contributed by atoms with Gasteiger partial charge in [-0.25, -0.2) is 9.97 Å². The van der Waals surface area contributed by atoms with E-state index in [0.717, 1.165) is 50.2 Å². The van der Waals surface area contributed by atoms with Gasteiger partial charge >= 0.3 is 0 Å².